The largest absolute Gasteiger partial charge is 0.459 e. The summed E-state index contributed by atoms with van der Waals surface area (Å²) in [5.74, 6) is 1.68. The minimum absolute atomic E-state index is 0.215. The predicted molar refractivity (Wildman–Crippen MR) is 106 cm³/mol. The van der Waals surface area contributed by atoms with Gasteiger partial charge < -0.3 is 9.14 Å². The van der Waals surface area contributed by atoms with E-state index >= 15 is 0 Å². The minimum Gasteiger partial charge on any atom is -0.459 e. The Bertz CT molecular complexity index is 1030. The molecule has 2 aromatic heterocycles. The molecule has 0 N–H and O–H groups in total. The number of hydrogen-bond acceptors (Lipinski definition) is 6. The topological polar surface area (TPSA) is 76.0 Å². The zero-order valence-corrected chi connectivity index (χ0v) is 16.4. The molecule has 1 fully saturated rings. The van der Waals surface area contributed by atoms with Gasteiger partial charge in [-0.25, -0.2) is 14.4 Å². The SMILES string of the molecule is CC(C)=N/C=C(/C)C1N=NC(C2CC2c2nc3c(OCF)cccn3c2C)=N1. The molecule has 0 radical (unpaired) electrons. The number of azo groups is 1. The molecule has 0 amide bonds. The van der Waals surface area contributed by atoms with Crippen LogP contribution in [0.5, 0.6) is 5.75 Å². The lowest BCUT2D eigenvalue weighted by atomic mass is 10.2. The van der Waals surface area contributed by atoms with Crippen LogP contribution in [0.3, 0.4) is 0 Å². The minimum atomic E-state index is -0.875. The molecular formula is C20H23FN6O. The number of amidine groups is 1. The van der Waals surface area contributed by atoms with E-state index in [1.54, 1.807) is 12.3 Å². The van der Waals surface area contributed by atoms with Crippen molar-refractivity contribution < 1.29 is 9.13 Å². The van der Waals surface area contributed by atoms with Gasteiger partial charge in [-0.05, 0) is 51.8 Å². The first kappa shape index (κ1) is 18.5. The van der Waals surface area contributed by atoms with Gasteiger partial charge in [0.2, 0.25) is 6.86 Å². The second-order valence-electron chi connectivity index (χ2n) is 7.38. The summed E-state index contributed by atoms with van der Waals surface area (Å²) in [4.78, 5) is 13.7. The molecule has 28 heavy (non-hydrogen) atoms. The van der Waals surface area contributed by atoms with Crippen LogP contribution in [0.4, 0.5) is 4.39 Å². The van der Waals surface area contributed by atoms with E-state index < -0.39 is 6.86 Å². The van der Waals surface area contributed by atoms with E-state index in [1.165, 1.54) is 0 Å². The third-order valence-corrected chi connectivity index (χ3v) is 5.03. The number of nitrogens with zero attached hydrogens (tertiary/aromatic N) is 6. The van der Waals surface area contributed by atoms with Crippen LogP contribution in [0, 0.1) is 12.8 Å². The number of aromatic nitrogens is 2. The van der Waals surface area contributed by atoms with Crippen LogP contribution in [0.1, 0.15) is 44.5 Å². The highest BCUT2D eigenvalue weighted by Gasteiger charge is 2.46. The van der Waals surface area contributed by atoms with Crippen LogP contribution < -0.4 is 4.74 Å². The molecule has 0 bridgehead atoms. The molecule has 0 saturated heterocycles. The molecule has 1 aliphatic heterocycles. The molecule has 7 nitrogen and oxygen atoms in total. The Hall–Kier alpha value is -2.90. The molecule has 2 aromatic rings. The highest BCUT2D eigenvalue weighted by atomic mass is 19.1. The highest BCUT2D eigenvalue weighted by molar-refractivity contribution is 5.90. The third-order valence-electron chi connectivity index (χ3n) is 5.03. The van der Waals surface area contributed by atoms with Crippen LogP contribution in [0.25, 0.3) is 5.65 Å². The Morgan fingerprint density at radius 3 is 2.93 bits per heavy atom. The second-order valence-corrected chi connectivity index (χ2v) is 7.38. The third kappa shape index (κ3) is 3.34. The summed E-state index contributed by atoms with van der Waals surface area (Å²) in [6.07, 6.45) is 4.36. The maximum atomic E-state index is 12.6. The van der Waals surface area contributed by atoms with E-state index in [0.29, 0.717) is 11.4 Å². The van der Waals surface area contributed by atoms with Crippen LogP contribution in [-0.4, -0.2) is 34.0 Å². The first-order valence-electron chi connectivity index (χ1n) is 9.32. The summed E-state index contributed by atoms with van der Waals surface area (Å²) in [7, 11) is 0. The zero-order valence-electron chi connectivity index (χ0n) is 16.4. The van der Waals surface area contributed by atoms with Gasteiger partial charge in [0.1, 0.15) is 0 Å². The highest BCUT2D eigenvalue weighted by Crippen LogP contribution is 2.50. The number of imidazole rings is 1. The maximum absolute atomic E-state index is 12.6. The monoisotopic (exact) mass is 382 g/mol. The van der Waals surface area contributed by atoms with Gasteiger partial charge in [-0.3, -0.25) is 4.99 Å². The van der Waals surface area contributed by atoms with Crippen LogP contribution in [0.2, 0.25) is 0 Å². The van der Waals surface area contributed by atoms with Gasteiger partial charge in [0.15, 0.2) is 23.4 Å². The Balaban J connectivity index is 1.55. The van der Waals surface area contributed by atoms with Crippen molar-refractivity contribution in [3.63, 3.8) is 0 Å². The number of fused-ring (bicyclic) bond motifs is 1. The first-order valence-corrected chi connectivity index (χ1v) is 9.32. The predicted octanol–water partition coefficient (Wildman–Crippen LogP) is 4.63. The summed E-state index contributed by atoms with van der Waals surface area (Å²) in [5.41, 5.74) is 4.61. The zero-order chi connectivity index (χ0) is 19.8. The average molecular weight is 382 g/mol. The van der Waals surface area contributed by atoms with Crippen molar-refractivity contribution in [3.8, 4) is 5.75 Å². The number of aliphatic imine (C=N–C) groups is 2. The quantitative estimate of drug-likeness (QED) is 0.683. The number of alkyl halides is 1. The summed E-state index contributed by atoms with van der Waals surface area (Å²) in [6.45, 7) is 7.00. The molecule has 3 atom stereocenters. The van der Waals surface area contributed by atoms with Crippen LogP contribution in [-0.2, 0) is 0 Å². The molecule has 146 valence electrons. The van der Waals surface area contributed by atoms with Crippen molar-refractivity contribution in [2.24, 2.45) is 26.1 Å². The fraction of sp³-hybridized carbons (Fsp3) is 0.450. The lowest BCUT2D eigenvalue weighted by molar-refractivity contribution is 0.193. The van der Waals surface area contributed by atoms with E-state index in [0.717, 1.165) is 34.9 Å². The molecule has 2 aliphatic rings. The second kappa shape index (κ2) is 7.26. The molecular weight excluding hydrogens is 359 g/mol. The van der Waals surface area contributed by atoms with Crippen molar-refractivity contribution >= 4 is 17.2 Å². The number of halogens is 1. The van der Waals surface area contributed by atoms with E-state index in [4.69, 9.17) is 9.72 Å². The van der Waals surface area contributed by atoms with Gasteiger partial charge in [0.25, 0.3) is 0 Å². The van der Waals surface area contributed by atoms with Gasteiger partial charge in [-0.15, -0.1) is 5.11 Å². The summed E-state index contributed by atoms with van der Waals surface area (Å²) >= 11 is 0. The fourth-order valence-electron chi connectivity index (χ4n) is 3.43. The molecule has 3 heterocycles. The van der Waals surface area contributed by atoms with Crippen molar-refractivity contribution in [2.75, 3.05) is 6.86 Å². The number of ether oxygens (including phenoxy) is 1. The molecule has 4 rings (SSSR count). The average Bonchev–Trinajstić information content (AvgIpc) is 3.16. The van der Waals surface area contributed by atoms with Crippen molar-refractivity contribution in [3.05, 3.63) is 41.5 Å². The van der Waals surface area contributed by atoms with Crippen LogP contribution >= 0.6 is 0 Å². The number of pyridine rings is 1. The summed E-state index contributed by atoms with van der Waals surface area (Å²) in [5, 5.41) is 8.59. The molecule has 1 aliphatic carbocycles. The normalized spacial score (nSPS) is 23.8. The van der Waals surface area contributed by atoms with Gasteiger partial charge in [0, 0.05) is 35.6 Å². The van der Waals surface area contributed by atoms with E-state index in [9.17, 15) is 4.39 Å². The molecule has 3 unspecified atom stereocenters. The molecule has 0 spiro atoms. The Labute approximate surface area is 162 Å². The molecule has 1 saturated carbocycles. The standard InChI is InChI=1S/C20H23FN6O/c1-11(2)22-9-12(3)18-24-19(26-25-18)15-8-14(15)17-13(4)27-7-5-6-16(28-10-21)20(27)23-17/h5-7,9,14-15,18H,8,10H2,1-4H3/b12-9-. The molecule has 0 aromatic carbocycles. The smallest absolute Gasteiger partial charge is 0.228 e. The summed E-state index contributed by atoms with van der Waals surface area (Å²) < 4.78 is 19.7. The first-order chi connectivity index (χ1) is 13.5. The van der Waals surface area contributed by atoms with Crippen LogP contribution in [0.15, 0.2) is 50.3 Å². The van der Waals surface area contributed by atoms with Crippen molar-refractivity contribution in [1.29, 1.82) is 0 Å². The lowest BCUT2D eigenvalue weighted by Gasteiger charge is -2.02. The van der Waals surface area contributed by atoms with E-state index in [-0.39, 0.29) is 18.0 Å². The van der Waals surface area contributed by atoms with Gasteiger partial charge >= 0.3 is 0 Å². The number of aryl methyl sites for hydroxylation is 1. The van der Waals surface area contributed by atoms with Crippen molar-refractivity contribution in [2.45, 2.75) is 46.2 Å². The van der Waals surface area contributed by atoms with Gasteiger partial charge in [-0.2, -0.15) is 5.11 Å². The molecule has 8 heteroatoms. The maximum Gasteiger partial charge on any atom is 0.228 e. The van der Waals surface area contributed by atoms with E-state index in [2.05, 4.69) is 20.2 Å². The van der Waals surface area contributed by atoms with Gasteiger partial charge in [0.05, 0.1) is 5.69 Å². The van der Waals surface area contributed by atoms with E-state index in [1.807, 2.05) is 44.4 Å². The lowest BCUT2D eigenvalue weighted by Crippen LogP contribution is -2.02. The number of hydrogen-bond donors (Lipinski definition) is 0. The Morgan fingerprint density at radius 2 is 2.18 bits per heavy atom. The Kier molecular flexibility index (Phi) is 4.78. The van der Waals surface area contributed by atoms with Gasteiger partial charge in [-0.1, -0.05) is 0 Å². The van der Waals surface area contributed by atoms with Crippen molar-refractivity contribution in [1.82, 2.24) is 9.38 Å². The number of rotatable bonds is 6. The summed E-state index contributed by atoms with van der Waals surface area (Å²) in [6, 6.07) is 3.56. The fourth-order valence-corrected chi connectivity index (χ4v) is 3.43. The Morgan fingerprint density at radius 1 is 1.36 bits per heavy atom.